The number of rotatable bonds is 2. The summed E-state index contributed by atoms with van der Waals surface area (Å²) < 4.78 is 7.31. The molecule has 0 radical (unpaired) electrons. The maximum atomic E-state index is 6.22. The number of furan rings is 1. The molecule has 0 aliphatic heterocycles. The Bertz CT molecular complexity index is 548. The number of hydrogen-bond acceptors (Lipinski definition) is 2. The summed E-state index contributed by atoms with van der Waals surface area (Å²) in [7, 11) is 0. The Kier molecular flexibility index (Phi) is 3.76. The van der Waals surface area contributed by atoms with Crippen LogP contribution in [-0.4, -0.2) is 0 Å². The smallest absolute Gasteiger partial charge is 0.169 e. The van der Waals surface area contributed by atoms with E-state index in [1.165, 1.54) is 5.56 Å². The van der Waals surface area contributed by atoms with Crippen LogP contribution < -0.4 is 5.73 Å². The van der Waals surface area contributed by atoms with Gasteiger partial charge in [0.15, 0.2) is 4.67 Å². The Labute approximate surface area is 117 Å². The van der Waals surface area contributed by atoms with Gasteiger partial charge in [0.05, 0.1) is 6.04 Å². The zero-order chi connectivity index (χ0) is 12.6. The van der Waals surface area contributed by atoms with E-state index in [2.05, 4.69) is 57.8 Å². The Balaban J connectivity index is 2.43. The summed E-state index contributed by atoms with van der Waals surface area (Å²) in [5, 5.41) is 0. The van der Waals surface area contributed by atoms with Gasteiger partial charge in [-0.05, 0) is 64.7 Å². The zero-order valence-electron chi connectivity index (χ0n) is 9.63. The molecule has 2 N–H and O–H groups in total. The summed E-state index contributed by atoms with van der Waals surface area (Å²) >= 11 is 6.81. The molecule has 1 aromatic carbocycles. The lowest BCUT2D eigenvalue weighted by Gasteiger charge is -2.14. The maximum absolute atomic E-state index is 6.22. The van der Waals surface area contributed by atoms with E-state index in [0.717, 1.165) is 21.4 Å². The van der Waals surface area contributed by atoms with Gasteiger partial charge in [-0.2, -0.15) is 0 Å². The van der Waals surface area contributed by atoms with E-state index in [1.54, 1.807) is 0 Å². The second-order valence-corrected chi connectivity index (χ2v) is 5.71. The Morgan fingerprint density at radius 1 is 1.12 bits per heavy atom. The second-order valence-electron chi connectivity index (χ2n) is 4.08. The van der Waals surface area contributed by atoms with Crippen LogP contribution in [0.4, 0.5) is 0 Å². The van der Waals surface area contributed by atoms with Gasteiger partial charge in [0.2, 0.25) is 0 Å². The SMILES string of the molecule is Cc1cc(C(N)c2ccc(Br)o2)c(C)cc1Br. The third kappa shape index (κ3) is 2.64. The first-order chi connectivity index (χ1) is 7.99. The molecule has 2 aromatic rings. The molecule has 0 amide bonds. The van der Waals surface area contributed by atoms with Crippen molar-refractivity contribution in [3.63, 3.8) is 0 Å². The average molecular weight is 359 g/mol. The van der Waals surface area contributed by atoms with Crippen molar-refractivity contribution < 1.29 is 4.42 Å². The van der Waals surface area contributed by atoms with Crippen molar-refractivity contribution in [1.29, 1.82) is 0 Å². The first-order valence-electron chi connectivity index (χ1n) is 5.26. The molecule has 2 rings (SSSR count). The molecule has 0 fully saturated rings. The monoisotopic (exact) mass is 357 g/mol. The van der Waals surface area contributed by atoms with Crippen LogP contribution in [0.25, 0.3) is 0 Å². The minimum Gasteiger partial charge on any atom is -0.452 e. The van der Waals surface area contributed by atoms with Crippen molar-refractivity contribution in [3.8, 4) is 0 Å². The molecule has 17 heavy (non-hydrogen) atoms. The molecule has 1 atom stereocenters. The van der Waals surface area contributed by atoms with Crippen LogP contribution in [0.3, 0.4) is 0 Å². The quantitative estimate of drug-likeness (QED) is 0.860. The number of aryl methyl sites for hydroxylation is 2. The van der Waals surface area contributed by atoms with E-state index in [4.69, 9.17) is 10.2 Å². The van der Waals surface area contributed by atoms with Crippen molar-refractivity contribution in [2.45, 2.75) is 19.9 Å². The average Bonchev–Trinajstić information content (AvgIpc) is 2.69. The zero-order valence-corrected chi connectivity index (χ0v) is 12.8. The Morgan fingerprint density at radius 2 is 1.82 bits per heavy atom. The van der Waals surface area contributed by atoms with E-state index in [1.807, 2.05) is 12.1 Å². The molecule has 0 bridgehead atoms. The van der Waals surface area contributed by atoms with Crippen LogP contribution in [0.15, 0.2) is 37.8 Å². The third-order valence-electron chi connectivity index (χ3n) is 2.78. The van der Waals surface area contributed by atoms with Gasteiger partial charge in [0.1, 0.15) is 5.76 Å². The lowest BCUT2D eigenvalue weighted by molar-refractivity contribution is 0.469. The van der Waals surface area contributed by atoms with Crippen molar-refractivity contribution in [1.82, 2.24) is 0 Å². The number of hydrogen-bond donors (Lipinski definition) is 1. The van der Waals surface area contributed by atoms with Gasteiger partial charge in [-0.15, -0.1) is 0 Å². The highest BCUT2D eigenvalue weighted by Gasteiger charge is 2.16. The van der Waals surface area contributed by atoms with Gasteiger partial charge in [0.25, 0.3) is 0 Å². The molecule has 90 valence electrons. The molecule has 4 heteroatoms. The molecular weight excluding hydrogens is 346 g/mol. The van der Waals surface area contributed by atoms with Gasteiger partial charge >= 0.3 is 0 Å². The van der Waals surface area contributed by atoms with Crippen LogP contribution in [0, 0.1) is 13.8 Å². The van der Waals surface area contributed by atoms with Crippen LogP contribution in [0.2, 0.25) is 0 Å². The summed E-state index contributed by atoms with van der Waals surface area (Å²) in [6.07, 6.45) is 0. The maximum Gasteiger partial charge on any atom is 0.169 e. The Morgan fingerprint density at radius 3 is 2.41 bits per heavy atom. The topological polar surface area (TPSA) is 39.2 Å². The summed E-state index contributed by atoms with van der Waals surface area (Å²) in [6, 6.07) is 7.71. The molecule has 1 aromatic heterocycles. The van der Waals surface area contributed by atoms with Gasteiger partial charge < -0.3 is 10.2 Å². The highest BCUT2D eigenvalue weighted by atomic mass is 79.9. The first-order valence-corrected chi connectivity index (χ1v) is 6.85. The largest absolute Gasteiger partial charge is 0.452 e. The number of benzene rings is 1. The summed E-state index contributed by atoms with van der Waals surface area (Å²) in [6.45, 7) is 4.11. The van der Waals surface area contributed by atoms with E-state index >= 15 is 0 Å². The van der Waals surface area contributed by atoms with Crippen LogP contribution in [0.5, 0.6) is 0 Å². The lowest BCUT2D eigenvalue weighted by Crippen LogP contribution is -2.12. The van der Waals surface area contributed by atoms with Crippen LogP contribution >= 0.6 is 31.9 Å². The molecule has 0 spiro atoms. The standard InChI is InChI=1S/C13H13Br2NO/c1-7-6-10(14)8(2)5-9(7)13(16)11-3-4-12(15)17-11/h3-6,13H,16H2,1-2H3. The minimum absolute atomic E-state index is 0.229. The number of halogens is 2. The fourth-order valence-electron chi connectivity index (χ4n) is 1.79. The molecule has 2 nitrogen and oxygen atoms in total. The first kappa shape index (κ1) is 12.9. The highest BCUT2D eigenvalue weighted by Crippen LogP contribution is 2.29. The fourth-order valence-corrected chi connectivity index (χ4v) is 2.56. The second kappa shape index (κ2) is 4.96. The van der Waals surface area contributed by atoms with Crippen LogP contribution in [0.1, 0.15) is 28.5 Å². The van der Waals surface area contributed by atoms with Gasteiger partial charge in [-0.25, -0.2) is 0 Å². The van der Waals surface area contributed by atoms with Crippen molar-refractivity contribution in [3.05, 3.63) is 55.9 Å². The molecule has 0 aliphatic carbocycles. The molecule has 0 saturated heterocycles. The van der Waals surface area contributed by atoms with Gasteiger partial charge in [0, 0.05) is 4.47 Å². The van der Waals surface area contributed by atoms with Crippen molar-refractivity contribution >= 4 is 31.9 Å². The molecular formula is C13H13Br2NO. The van der Waals surface area contributed by atoms with Gasteiger partial charge in [-0.1, -0.05) is 22.0 Å². The lowest BCUT2D eigenvalue weighted by atomic mass is 9.98. The summed E-state index contributed by atoms with van der Waals surface area (Å²) in [4.78, 5) is 0. The molecule has 0 saturated carbocycles. The van der Waals surface area contributed by atoms with E-state index < -0.39 is 0 Å². The van der Waals surface area contributed by atoms with Crippen LogP contribution in [-0.2, 0) is 0 Å². The summed E-state index contributed by atoms with van der Waals surface area (Å²) in [5.41, 5.74) is 9.64. The molecule has 1 heterocycles. The third-order valence-corrected chi connectivity index (χ3v) is 4.06. The predicted octanol–water partition coefficient (Wildman–Crippen LogP) is 4.47. The summed E-state index contributed by atoms with van der Waals surface area (Å²) in [5.74, 6) is 0.765. The fraction of sp³-hybridized carbons (Fsp3) is 0.231. The Hall–Kier alpha value is -0.580. The normalized spacial score (nSPS) is 12.8. The van der Waals surface area contributed by atoms with Crippen molar-refractivity contribution in [2.24, 2.45) is 5.73 Å². The predicted molar refractivity (Wildman–Crippen MR) is 76.1 cm³/mol. The van der Waals surface area contributed by atoms with E-state index in [0.29, 0.717) is 4.67 Å². The highest BCUT2D eigenvalue weighted by molar-refractivity contribution is 9.10. The van der Waals surface area contributed by atoms with E-state index in [9.17, 15) is 0 Å². The van der Waals surface area contributed by atoms with Crippen molar-refractivity contribution in [2.75, 3.05) is 0 Å². The van der Waals surface area contributed by atoms with Gasteiger partial charge in [-0.3, -0.25) is 0 Å². The minimum atomic E-state index is -0.229. The van der Waals surface area contributed by atoms with E-state index in [-0.39, 0.29) is 6.04 Å². The molecule has 1 unspecified atom stereocenters. The number of nitrogens with two attached hydrogens (primary N) is 1. The molecule has 0 aliphatic rings.